The lowest BCUT2D eigenvalue weighted by atomic mass is 9.42. The third-order valence-corrected chi connectivity index (χ3v) is 12.2. The van der Waals surface area contributed by atoms with E-state index >= 15 is 0 Å². The molecule has 206 valence electrons. The summed E-state index contributed by atoms with van der Waals surface area (Å²) in [6.45, 7) is 13.4. The number of ether oxygens (including phenoxy) is 2. The Hall–Kier alpha value is -0.810. The zero-order valence-electron chi connectivity index (χ0n) is 23.6. The minimum Gasteiger partial charge on any atom is -0.450 e. The lowest BCUT2D eigenvalue weighted by molar-refractivity contribution is -0.135. The van der Waals surface area contributed by atoms with Crippen molar-refractivity contribution in [3.8, 4) is 0 Å². The monoisotopic (exact) mass is 502 g/mol. The molecule has 4 aliphatic carbocycles. The minimum atomic E-state index is -0.248. The van der Waals surface area contributed by atoms with Crippen LogP contribution in [0.2, 0.25) is 0 Å². The van der Waals surface area contributed by atoms with Crippen LogP contribution >= 0.6 is 0 Å². The van der Waals surface area contributed by atoms with Gasteiger partial charge in [-0.3, -0.25) is 4.90 Å². The summed E-state index contributed by atoms with van der Waals surface area (Å²) in [5.41, 5.74) is 1.13. The summed E-state index contributed by atoms with van der Waals surface area (Å²) >= 11 is 0. The first-order valence-corrected chi connectivity index (χ1v) is 15.7. The van der Waals surface area contributed by atoms with Crippen molar-refractivity contribution in [1.82, 2.24) is 10.2 Å². The van der Waals surface area contributed by atoms with Crippen LogP contribution in [0.15, 0.2) is 0 Å². The third kappa shape index (κ3) is 5.22. The Bertz CT molecular complexity index is 739. The Morgan fingerprint density at radius 3 is 2.61 bits per heavy atom. The Morgan fingerprint density at radius 2 is 1.81 bits per heavy atom. The van der Waals surface area contributed by atoms with Crippen molar-refractivity contribution < 1.29 is 14.3 Å². The summed E-state index contributed by atoms with van der Waals surface area (Å²) < 4.78 is 10.9. The molecule has 5 aliphatic rings. The van der Waals surface area contributed by atoms with Crippen molar-refractivity contribution in [2.45, 2.75) is 97.8 Å². The molecular weight excluding hydrogens is 448 g/mol. The number of alkyl carbamates (subject to hydrolysis) is 1. The number of rotatable bonds is 8. The number of morpholine rings is 1. The van der Waals surface area contributed by atoms with E-state index in [2.05, 4.69) is 31.0 Å². The van der Waals surface area contributed by atoms with Gasteiger partial charge in [0.25, 0.3) is 0 Å². The van der Waals surface area contributed by atoms with E-state index in [1.165, 1.54) is 70.6 Å². The van der Waals surface area contributed by atoms with Crippen LogP contribution in [0.4, 0.5) is 4.79 Å². The molecule has 5 fully saturated rings. The molecule has 5 rings (SSSR count). The maximum Gasteiger partial charge on any atom is 0.407 e. The van der Waals surface area contributed by atoms with Crippen LogP contribution in [0.5, 0.6) is 0 Å². The molecule has 0 aromatic heterocycles. The molecule has 4 saturated carbocycles. The van der Waals surface area contributed by atoms with Crippen molar-refractivity contribution in [2.75, 3.05) is 46.0 Å². The van der Waals surface area contributed by atoms with E-state index in [1.807, 2.05) is 0 Å². The molecule has 1 amide bonds. The molecule has 0 spiro atoms. The fraction of sp³-hybridized carbons (Fsp3) is 0.968. The van der Waals surface area contributed by atoms with E-state index < -0.39 is 0 Å². The molecule has 5 nitrogen and oxygen atoms in total. The van der Waals surface area contributed by atoms with E-state index in [0.29, 0.717) is 24.0 Å². The molecule has 5 heteroatoms. The van der Waals surface area contributed by atoms with Crippen LogP contribution in [-0.4, -0.2) is 57.0 Å². The number of fused-ring (bicyclic) bond motifs is 5. The first kappa shape index (κ1) is 26.8. The summed E-state index contributed by atoms with van der Waals surface area (Å²) in [6, 6.07) is 0. The Kier molecular flexibility index (Phi) is 8.57. The van der Waals surface area contributed by atoms with Gasteiger partial charge in [0.1, 0.15) is 0 Å². The minimum absolute atomic E-state index is 0.248. The molecule has 1 saturated heterocycles. The van der Waals surface area contributed by atoms with Gasteiger partial charge in [-0.25, -0.2) is 4.79 Å². The van der Waals surface area contributed by atoms with Crippen LogP contribution < -0.4 is 5.32 Å². The summed E-state index contributed by atoms with van der Waals surface area (Å²) in [4.78, 5) is 14.5. The van der Waals surface area contributed by atoms with Crippen molar-refractivity contribution in [1.29, 1.82) is 0 Å². The molecule has 0 radical (unpaired) electrons. The van der Waals surface area contributed by atoms with Gasteiger partial charge in [0, 0.05) is 26.2 Å². The van der Waals surface area contributed by atoms with E-state index in [9.17, 15) is 4.79 Å². The highest BCUT2D eigenvalue weighted by molar-refractivity contribution is 5.67. The normalized spacial score (nSPS) is 42.8. The fourth-order valence-corrected chi connectivity index (χ4v) is 10.3. The summed E-state index contributed by atoms with van der Waals surface area (Å²) in [5.74, 6) is 5.65. The van der Waals surface area contributed by atoms with Gasteiger partial charge in [0.15, 0.2) is 0 Å². The number of carbonyl (C=O) groups is 1. The van der Waals surface area contributed by atoms with Crippen molar-refractivity contribution in [3.05, 3.63) is 0 Å². The van der Waals surface area contributed by atoms with Crippen molar-refractivity contribution >= 4 is 6.09 Å². The zero-order valence-corrected chi connectivity index (χ0v) is 23.6. The number of nitrogens with one attached hydrogen (secondary N) is 1. The summed E-state index contributed by atoms with van der Waals surface area (Å²) in [5, 5.41) is 2.93. The highest BCUT2D eigenvalue weighted by Gasteiger charge is 2.60. The highest BCUT2D eigenvalue weighted by Crippen LogP contribution is 2.69. The molecule has 8 atom stereocenters. The van der Waals surface area contributed by atoms with Gasteiger partial charge in [-0.1, -0.05) is 40.0 Å². The SMILES string of the molecule is CC[C@H]1CC2C3CCC(CCCOC(=O)NCCN4CCOCC4)C3(C)CC[C@@H]2C2(C)CCCCC12. The quantitative estimate of drug-likeness (QED) is 0.384. The summed E-state index contributed by atoms with van der Waals surface area (Å²) in [6.07, 6.45) is 16.6. The second kappa shape index (κ2) is 11.5. The van der Waals surface area contributed by atoms with E-state index in [0.717, 1.165) is 74.8 Å². The smallest absolute Gasteiger partial charge is 0.407 e. The molecule has 1 aliphatic heterocycles. The zero-order chi connectivity index (χ0) is 25.2. The van der Waals surface area contributed by atoms with Crippen LogP contribution in [0, 0.1) is 46.3 Å². The van der Waals surface area contributed by atoms with Crippen molar-refractivity contribution in [2.24, 2.45) is 46.3 Å². The van der Waals surface area contributed by atoms with Gasteiger partial charge < -0.3 is 14.8 Å². The van der Waals surface area contributed by atoms with Gasteiger partial charge >= 0.3 is 6.09 Å². The molecule has 1 N–H and O–H groups in total. The second-order valence-electron chi connectivity index (χ2n) is 13.6. The van der Waals surface area contributed by atoms with Gasteiger partial charge in [0.2, 0.25) is 0 Å². The molecule has 6 unspecified atom stereocenters. The second-order valence-corrected chi connectivity index (χ2v) is 13.6. The Morgan fingerprint density at radius 1 is 1.00 bits per heavy atom. The van der Waals surface area contributed by atoms with Gasteiger partial charge in [0.05, 0.1) is 19.8 Å². The largest absolute Gasteiger partial charge is 0.450 e. The lowest BCUT2D eigenvalue weighted by Crippen LogP contribution is -2.55. The van der Waals surface area contributed by atoms with Gasteiger partial charge in [-0.2, -0.15) is 0 Å². The molecule has 1 heterocycles. The van der Waals surface area contributed by atoms with Gasteiger partial charge in [-0.15, -0.1) is 0 Å². The number of hydrogen-bond donors (Lipinski definition) is 1. The average Bonchev–Trinajstić information content (AvgIpc) is 3.22. The van der Waals surface area contributed by atoms with Crippen molar-refractivity contribution in [3.63, 3.8) is 0 Å². The molecule has 0 aromatic carbocycles. The topological polar surface area (TPSA) is 50.8 Å². The number of carbonyl (C=O) groups excluding carboxylic acids is 1. The molecule has 0 bridgehead atoms. The first-order valence-electron chi connectivity index (χ1n) is 15.7. The lowest BCUT2D eigenvalue weighted by Gasteiger charge is -2.62. The van der Waals surface area contributed by atoms with E-state index in [1.54, 1.807) is 0 Å². The average molecular weight is 503 g/mol. The van der Waals surface area contributed by atoms with Crippen LogP contribution in [0.3, 0.4) is 0 Å². The number of amides is 1. The molecule has 36 heavy (non-hydrogen) atoms. The summed E-state index contributed by atoms with van der Waals surface area (Å²) in [7, 11) is 0. The Balaban J connectivity index is 1.09. The predicted molar refractivity (Wildman–Crippen MR) is 145 cm³/mol. The van der Waals surface area contributed by atoms with Crippen LogP contribution in [-0.2, 0) is 9.47 Å². The van der Waals surface area contributed by atoms with Crippen LogP contribution in [0.25, 0.3) is 0 Å². The standard InChI is InChI=1S/C31H54N2O3/c1-4-23-22-25-27-11-10-24(8-7-19-36-29(34)32-15-16-33-17-20-35-21-18-33)30(27,2)14-12-28(25)31(3)13-6-5-9-26(23)31/h23-28H,4-22H2,1-3H3,(H,32,34)/t23-,24?,25?,26?,27?,28-,30?,31?/m0/s1. The third-order valence-electron chi connectivity index (χ3n) is 12.2. The number of nitrogens with zero attached hydrogens (tertiary/aromatic N) is 1. The maximum atomic E-state index is 12.2. The Labute approximate surface area is 220 Å². The maximum absolute atomic E-state index is 12.2. The van der Waals surface area contributed by atoms with Gasteiger partial charge in [-0.05, 0) is 104 Å². The van der Waals surface area contributed by atoms with E-state index in [4.69, 9.17) is 9.47 Å². The van der Waals surface area contributed by atoms with Crippen LogP contribution in [0.1, 0.15) is 97.8 Å². The molecular formula is C31H54N2O3. The first-order chi connectivity index (χ1) is 17.5. The number of hydrogen-bond acceptors (Lipinski definition) is 4. The van der Waals surface area contributed by atoms with E-state index in [-0.39, 0.29) is 6.09 Å². The molecule has 0 aromatic rings. The highest BCUT2D eigenvalue weighted by atomic mass is 16.5. The fourth-order valence-electron chi connectivity index (χ4n) is 10.3. The predicted octanol–water partition coefficient (Wildman–Crippen LogP) is 6.51.